The largest absolute Gasteiger partial charge is 0.490 e. The number of hydrogen-bond donors (Lipinski definition) is 1. The molecule has 96 valence electrons. The Morgan fingerprint density at radius 2 is 1.78 bits per heavy atom. The minimum Gasteiger partial charge on any atom is -0.490 e. The molecule has 0 atom stereocenters. The molecular weight excluding hydrogens is 248 g/mol. The van der Waals surface area contributed by atoms with E-state index in [1.54, 1.807) is 0 Å². The highest BCUT2D eigenvalue weighted by Crippen LogP contribution is 2.32. The van der Waals surface area contributed by atoms with E-state index in [0.29, 0.717) is 23.6 Å². The molecule has 18 heavy (non-hydrogen) atoms. The van der Waals surface area contributed by atoms with E-state index in [1.807, 2.05) is 32.9 Å². The number of ether oxygens (including phenoxy) is 2. The van der Waals surface area contributed by atoms with Crippen LogP contribution in [0.25, 0.3) is 10.9 Å². The Morgan fingerprint density at radius 3 is 2.39 bits per heavy atom. The van der Waals surface area contributed by atoms with Gasteiger partial charge in [-0.3, -0.25) is 0 Å². The normalized spacial score (nSPS) is 10.6. The summed E-state index contributed by atoms with van der Waals surface area (Å²) >= 11 is 5.27. The van der Waals surface area contributed by atoms with Gasteiger partial charge in [-0.05, 0) is 26.8 Å². The zero-order valence-electron chi connectivity index (χ0n) is 10.7. The molecular formula is C13H16N2O2S. The van der Waals surface area contributed by atoms with Crippen molar-refractivity contribution in [2.24, 2.45) is 0 Å². The van der Waals surface area contributed by atoms with E-state index in [1.165, 1.54) is 0 Å². The van der Waals surface area contributed by atoms with Crippen LogP contribution in [0.1, 0.15) is 19.7 Å². The topological polar surface area (TPSA) is 47.1 Å². The lowest BCUT2D eigenvalue weighted by Gasteiger charge is -2.12. The second kappa shape index (κ2) is 5.35. The van der Waals surface area contributed by atoms with Gasteiger partial charge in [0.1, 0.15) is 10.5 Å². The predicted molar refractivity (Wildman–Crippen MR) is 74.0 cm³/mol. The van der Waals surface area contributed by atoms with E-state index in [-0.39, 0.29) is 0 Å². The van der Waals surface area contributed by atoms with Gasteiger partial charge >= 0.3 is 0 Å². The Morgan fingerprint density at radius 1 is 1.17 bits per heavy atom. The monoisotopic (exact) mass is 264 g/mol. The van der Waals surface area contributed by atoms with Crippen LogP contribution < -0.4 is 9.47 Å². The van der Waals surface area contributed by atoms with E-state index < -0.39 is 0 Å². The smallest absolute Gasteiger partial charge is 0.163 e. The van der Waals surface area contributed by atoms with E-state index in [2.05, 4.69) is 9.97 Å². The van der Waals surface area contributed by atoms with Crippen molar-refractivity contribution >= 4 is 23.1 Å². The standard InChI is InChI=1S/C13H16N2O2S/c1-4-16-11-6-9-10(7-12(11)17-5-2)14-8(3)15-13(9)18/h6-7H,4-5H2,1-3H3,(H,14,15,18). The molecule has 1 aromatic heterocycles. The highest BCUT2D eigenvalue weighted by Gasteiger charge is 2.09. The number of fused-ring (bicyclic) bond motifs is 1. The molecule has 0 spiro atoms. The summed E-state index contributed by atoms with van der Waals surface area (Å²) in [5, 5.41) is 0.877. The summed E-state index contributed by atoms with van der Waals surface area (Å²) in [6, 6.07) is 3.80. The van der Waals surface area contributed by atoms with E-state index in [9.17, 15) is 0 Å². The van der Waals surface area contributed by atoms with Gasteiger partial charge in [-0.1, -0.05) is 12.2 Å². The Bertz CT molecular complexity index is 622. The van der Waals surface area contributed by atoms with Crippen LogP contribution in [0.5, 0.6) is 11.5 Å². The van der Waals surface area contributed by atoms with Crippen LogP contribution in [0.15, 0.2) is 12.1 Å². The van der Waals surface area contributed by atoms with E-state index >= 15 is 0 Å². The number of benzene rings is 1. The molecule has 4 nitrogen and oxygen atoms in total. The van der Waals surface area contributed by atoms with Crippen LogP contribution in [0.4, 0.5) is 0 Å². The van der Waals surface area contributed by atoms with Gasteiger partial charge < -0.3 is 14.5 Å². The quantitative estimate of drug-likeness (QED) is 0.860. The number of aromatic amines is 1. The van der Waals surface area contributed by atoms with Crippen molar-refractivity contribution < 1.29 is 9.47 Å². The molecule has 1 N–H and O–H groups in total. The van der Waals surface area contributed by atoms with Crippen molar-refractivity contribution in [1.82, 2.24) is 9.97 Å². The van der Waals surface area contributed by atoms with Crippen LogP contribution in [-0.2, 0) is 0 Å². The van der Waals surface area contributed by atoms with Gasteiger partial charge in [0.25, 0.3) is 0 Å². The lowest BCUT2D eigenvalue weighted by molar-refractivity contribution is 0.288. The maximum Gasteiger partial charge on any atom is 0.163 e. The molecule has 0 aliphatic rings. The van der Waals surface area contributed by atoms with Crippen LogP contribution in [-0.4, -0.2) is 23.2 Å². The van der Waals surface area contributed by atoms with Gasteiger partial charge in [-0.25, -0.2) is 4.98 Å². The minimum absolute atomic E-state index is 0.574. The molecule has 0 saturated heterocycles. The predicted octanol–water partition coefficient (Wildman–Crippen LogP) is 3.40. The van der Waals surface area contributed by atoms with Crippen LogP contribution in [0.2, 0.25) is 0 Å². The molecule has 1 aromatic carbocycles. The fourth-order valence-corrected chi connectivity index (χ4v) is 2.12. The van der Waals surface area contributed by atoms with Gasteiger partial charge in [0.2, 0.25) is 0 Å². The number of H-pyrrole nitrogens is 1. The number of aromatic nitrogens is 2. The first-order chi connectivity index (χ1) is 8.65. The summed E-state index contributed by atoms with van der Waals surface area (Å²) in [7, 11) is 0. The maximum absolute atomic E-state index is 5.58. The molecule has 1 heterocycles. The van der Waals surface area contributed by atoms with Crippen molar-refractivity contribution in [2.75, 3.05) is 13.2 Å². The average molecular weight is 264 g/mol. The Balaban J connectivity index is 2.67. The fraction of sp³-hybridized carbons (Fsp3) is 0.385. The molecule has 0 aliphatic heterocycles. The Hall–Kier alpha value is -1.62. The van der Waals surface area contributed by atoms with Crippen LogP contribution in [0, 0.1) is 11.6 Å². The molecule has 0 amide bonds. The SMILES string of the molecule is CCOc1cc2[nH]c(C)nc(=S)c2cc1OCC. The van der Waals surface area contributed by atoms with Crippen molar-refractivity contribution in [3.05, 3.63) is 22.6 Å². The van der Waals surface area contributed by atoms with Gasteiger partial charge in [-0.15, -0.1) is 0 Å². The zero-order chi connectivity index (χ0) is 13.1. The van der Waals surface area contributed by atoms with Crippen molar-refractivity contribution in [2.45, 2.75) is 20.8 Å². The lowest BCUT2D eigenvalue weighted by Crippen LogP contribution is -1.99. The molecule has 2 aromatic rings. The van der Waals surface area contributed by atoms with Crippen LogP contribution >= 0.6 is 12.2 Å². The third-order valence-corrected chi connectivity index (χ3v) is 2.81. The van der Waals surface area contributed by atoms with Gasteiger partial charge in [-0.2, -0.15) is 0 Å². The highest BCUT2D eigenvalue weighted by molar-refractivity contribution is 7.71. The molecule has 0 radical (unpaired) electrons. The average Bonchev–Trinajstić information content (AvgIpc) is 2.31. The third kappa shape index (κ3) is 2.46. The third-order valence-electron chi connectivity index (χ3n) is 2.50. The number of aryl methyl sites for hydroxylation is 1. The molecule has 0 bridgehead atoms. The summed E-state index contributed by atoms with van der Waals surface area (Å²) in [5.41, 5.74) is 0.916. The molecule has 0 saturated carbocycles. The number of hydrogen-bond acceptors (Lipinski definition) is 4. The number of rotatable bonds is 4. The number of nitrogens with zero attached hydrogens (tertiary/aromatic N) is 1. The molecule has 5 heteroatoms. The summed E-state index contributed by atoms with van der Waals surface area (Å²) in [4.78, 5) is 7.43. The molecule has 0 aliphatic carbocycles. The van der Waals surface area contributed by atoms with Gasteiger partial charge in [0, 0.05) is 11.5 Å². The number of nitrogens with one attached hydrogen (secondary N) is 1. The Labute approximate surface area is 111 Å². The lowest BCUT2D eigenvalue weighted by atomic mass is 10.2. The van der Waals surface area contributed by atoms with Gasteiger partial charge in [0.15, 0.2) is 11.5 Å². The summed E-state index contributed by atoms with van der Waals surface area (Å²) in [5.74, 6) is 2.22. The van der Waals surface area contributed by atoms with E-state index in [4.69, 9.17) is 21.7 Å². The maximum atomic E-state index is 5.58. The van der Waals surface area contributed by atoms with Crippen molar-refractivity contribution in [3.63, 3.8) is 0 Å². The first kappa shape index (κ1) is 12.8. The minimum atomic E-state index is 0.574. The zero-order valence-corrected chi connectivity index (χ0v) is 11.6. The van der Waals surface area contributed by atoms with Gasteiger partial charge in [0.05, 0.1) is 18.7 Å². The van der Waals surface area contributed by atoms with Crippen LogP contribution in [0.3, 0.4) is 0 Å². The Kier molecular flexibility index (Phi) is 3.81. The first-order valence-electron chi connectivity index (χ1n) is 5.96. The molecule has 0 fully saturated rings. The second-order valence-corrected chi connectivity index (χ2v) is 4.22. The van der Waals surface area contributed by atoms with Crippen molar-refractivity contribution in [3.8, 4) is 11.5 Å². The second-order valence-electron chi connectivity index (χ2n) is 3.84. The van der Waals surface area contributed by atoms with E-state index in [0.717, 1.165) is 22.5 Å². The molecule has 2 rings (SSSR count). The first-order valence-corrected chi connectivity index (χ1v) is 6.36. The van der Waals surface area contributed by atoms with Crippen molar-refractivity contribution in [1.29, 1.82) is 0 Å². The summed E-state index contributed by atoms with van der Waals surface area (Å²) in [6.07, 6.45) is 0. The fourth-order valence-electron chi connectivity index (χ4n) is 1.81. The summed E-state index contributed by atoms with van der Waals surface area (Å²) in [6.45, 7) is 6.94. The molecule has 0 unspecified atom stereocenters. The highest BCUT2D eigenvalue weighted by atomic mass is 32.1. The summed E-state index contributed by atoms with van der Waals surface area (Å²) < 4.78 is 11.7.